The van der Waals surface area contributed by atoms with E-state index in [2.05, 4.69) is 43.7 Å². The minimum atomic E-state index is -0.853. The molecule has 0 radical (unpaired) electrons. The Morgan fingerprint density at radius 3 is 2.42 bits per heavy atom. The fourth-order valence-corrected chi connectivity index (χ4v) is 10.5. The molecule has 9 rings (SSSR count). The van der Waals surface area contributed by atoms with Gasteiger partial charge < -0.3 is 29.2 Å². The van der Waals surface area contributed by atoms with E-state index in [1.54, 1.807) is 6.07 Å². The van der Waals surface area contributed by atoms with Crippen LogP contribution in [0.15, 0.2) is 78.6 Å². The molecule has 0 spiro atoms. The summed E-state index contributed by atoms with van der Waals surface area (Å²) in [6.45, 7) is 14.5. The number of carbonyl (C=O) groups is 4. The van der Waals surface area contributed by atoms with Gasteiger partial charge in [0.25, 0.3) is 11.8 Å². The first-order valence-corrected chi connectivity index (χ1v) is 23.6. The molecule has 13 nitrogen and oxygen atoms in total. The van der Waals surface area contributed by atoms with Gasteiger partial charge in [-0.05, 0) is 97.3 Å². The van der Waals surface area contributed by atoms with Crippen LogP contribution in [-0.4, -0.2) is 113 Å². The molecule has 0 saturated carbocycles. The summed E-state index contributed by atoms with van der Waals surface area (Å²) in [7, 11) is 0. The van der Waals surface area contributed by atoms with Gasteiger partial charge in [-0.2, -0.15) is 0 Å². The summed E-state index contributed by atoms with van der Waals surface area (Å²) in [5.74, 6) is -3.22. The van der Waals surface area contributed by atoms with E-state index >= 15 is 8.78 Å². The maximum atomic E-state index is 16.6. The topological polar surface area (TPSA) is 133 Å². The van der Waals surface area contributed by atoms with Gasteiger partial charge in [0.1, 0.15) is 47.1 Å². The average molecular weight is 980 g/mol. The number of rotatable bonds is 13. The van der Waals surface area contributed by atoms with Gasteiger partial charge in [-0.3, -0.25) is 24.5 Å². The first kappa shape index (κ1) is 47.5. The van der Waals surface area contributed by atoms with E-state index in [0.29, 0.717) is 24.3 Å². The molecule has 1 N–H and O–H groups in total. The van der Waals surface area contributed by atoms with Gasteiger partial charge in [0.15, 0.2) is 5.82 Å². The minimum Gasteiger partial charge on any atom is -0.492 e. The molecule has 1 aromatic heterocycles. The van der Waals surface area contributed by atoms with Crippen LogP contribution in [-0.2, 0) is 33.8 Å². The molecule has 0 bridgehead atoms. The maximum absolute atomic E-state index is 16.6. The second-order valence-electron chi connectivity index (χ2n) is 17.8. The standard InChI is InChI=1S/C51H47Cl2F3N8O5/c1-29(52)50(67)63-20-19-62(26-34(63)25-57-2)48-37-24-39(53)44(46(56)47(37)58-28-59-48)45-40(55)4-3-5-42(45)69-21-15-31-8-6-30(7-9-31)12-16-61-17-13-32(14-18-61)35-22-33(54)23-36-38(35)27-64(51(36)68)41-10-11-43(65)60-49(41)66/h3-9,22-24,28,32,34,41H,1,10-21,25-27H2,(H,60,65,66)/t34-,41?/m1/s1. The molecule has 5 heterocycles. The van der Waals surface area contributed by atoms with E-state index < -0.39 is 41.3 Å². The van der Waals surface area contributed by atoms with Crippen LogP contribution in [0.2, 0.25) is 5.02 Å². The highest BCUT2D eigenvalue weighted by atomic mass is 35.5. The number of fused-ring (bicyclic) bond motifs is 2. The van der Waals surface area contributed by atoms with Crippen LogP contribution >= 0.6 is 23.2 Å². The Kier molecular flexibility index (Phi) is 13.9. The van der Waals surface area contributed by atoms with Gasteiger partial charge in [-0.1, -0.05) is 60.1 Å². The number of ether oxygens (including phenoxy) is 1. The lowest BCUT2D eigenvalue weighted by Crippen LogP contribution is -2.56. The SMILES string of the molecule is [C-]#[N+]C[C@@H]1CN(c2ncnc3c(F)c(-c4c(F)cccc4OCCc4ccc(CCN5CCC(c6cc(F)cc7c6CN(C6CCC(=O)NC6=O)C7=O)CC5)cc4)c(Cl)cc23)CCN1C(=O)C(=C)Cl. The molecule has 0 aliphatic carbocycles. The van der Waals surface area contributed by atoms with Gasteiger partial charge in [0.05, 0.1) is 22.2 Å². The molecular weight excluding hydrogens is 933 g/mol. The zero-order valence-corrected chi connectivity index (χ0v) is 39.0. The Bertz CT molecular complexity index is 2930. The van der Waals surface area contributed by atoms with Crippen molar-refractivity contribution in [2.45, 2.75) is 63.1 Å². The summed E-state index contributed by atoms with van der Waals surface area (Å²) in [4.78, 5) is 69.7. The van der Waals surface area contributed by atoms with Gasteiger partial charge in [-0.25, -0.2) is 29.7 Å². The third-order valence-corrected chi connectivity index (χ3v) is 14.1. The number of hydrogen-bond donors (Lipinski definition) is 1. The highest BCUT2D eigenvalue weighted by molar-refractivity contribution is 6.41. The van der Waals surface area contributed by atoms with Crippen molar-refractivity contribution in [3.63, 3.8) is 0 Å². The van der Waals surface area contributed by atoms with E-state index in [-0.39, 0.29) is 101 Å². The van der Waals surface area contributed by atoms with Crippen molar-refractivity contribution < 1.29 is 37.1 Å². The molecule has 4 aliphatic rings. The van der Waals surface area contributed by atoms with Crippen molar-refractivity contribution in [2.24, 2.45) is 0 Å². The van der Waals surface area contributed by atoms with Crippen molar-refractivity contribution in [1.82, 2.24) is 30.0 Å². The van der Waals surface area contributed by atoms with E-state index in [0.717, 1.165) is 61.2 Å². The molecule has 4 aliphatic heterocycles. The molecule has 4 amide bonds. The highest BCUT2D eigenvalue weighted by Crippen LogP contribution is 2.43. The largest absolute Gasteiger partial charge is 0.492 e. The number of benzene rings is 4. The number of piperazine rings is 1. The van der Waals surface area contributed by atoms with Crippen LogP contribution in [0.1, 0.15) is 64.2 Å². The number of amides is 4. The van der Waals surface area contributed by atoms with Crippen molar-refractivity contribution in [1.29, 1.82) is 0 Å². The maximum Gasteiger partial charge on any atom is 0.265 e. The van der Waals surface area contributed by atoms with Gasteiger partial charge >= 0.3 is 0 Å². The number of carbonyl (C=O) groups excluding carboxylic acids is 4. The monoisotopic (exact) mass is 978 g/mol. The number of anilines is 1. The number of nitrogens with zero attached hydrogens (tertiary/aromatic N) is 7. The second kappa shape index (κ2) is 20.2. The number of piperidine rings is 2. The summed E-state index contributed by atoms with van der Waals surface area (Å²) < 4.78 is 53.4. The van der Waals surface area contributed by atoms with Crippen LogP contribution in [0.4, 0.5) is 19.0 Å². The van der Waals surface area contributed by atoms with Gasteiger partial charge in [0.2, 0.25) is 18.4 Å². The molecular formula is C51H47Cl2F3N8O5. The van der Waals surface area contributed by atoms with Crippen molar-refractivity contribution in [3.05, 3.63) is 140 Å². The van der Waals surface area contributed by atoms with Gasteiger partial charge in [-0.15, -0.1) is 0 Å². The molecule has 3 saturated heterocycles. The first-order chi connectivity index (χ1) is 33.3. The zero-order chi connectivity index (χ0) is 48.5. The molecule has 356 valence electrons. The van der Waals surface area contributed by atoms with Crippen molar-refractivity contribution >= 4 is 63.6 Å². The molecule has 4 aromatic carbocycles. The number of halogens is 5. The summed E-state index contributed by atoms with van der Waals surface area (Å²) in [5, 5.41) is 2.37. The van der Waals surface area contributed by atoms with Crippen LogP contribution in [0.25, 0.3) is 26.9 Å². The zero-order valence-electron chi connectivity index (χ0n) is 37.5. The van der Waals surface area contributed by atoms with Crippen molar-refractivity contribution in [3.8, 4) is 16.9 Å². The fourth-order valence-electron chi connectivity index (χ4n) is 10.1. The summed E-state index contributed by atoms with van der Waals surface area (Å²) in [6.07, 6.45) is 4.51. The number of nitrogens with one attached hydrogen (secondary N) is 1. The Morgan fingerprint density at radius 2 is 1.70 bits per heavy atom. The summed E-state index contributed by atoms with van der Waals surface area (Å²) in [5.41, 5.74) is 3.60. The molecule has 1 unspecified atom stereocenters. The van der Waals surface area contributed by atoms with Crippen LogP contribution in [0, 0.1) is 24.0 Å². The summed E-state index contributed by atoms with van der Waals surface area (Å²) in [6, 6.07) is 15.4. The lowest BCUT2D eigenvalue weighted by Gasteiger charge is -2.40. The lowest BCUT2D eigenvalue weighted by atomic mass is 9.85. The molecule has 18 heteroatoms. The van der Waals surface area contributed by atoms with Crippen LogP contribution < -0.4 is 15.0 Å². The summed E-state index contributed by atoms with van der Waals surface area (Å²) >= 11 is 12.7. The Morgan fingerprint density at radius 1 is 0.942 bits per heavy atom. The number of likely N-dealkylation sites (tertiary alicyclic amines) is 1. The van der Waals surface area contributed by atoms with E-state index in [4.69, 9.17) is 34.5 Å². The van der Waals surface area contributed by atoms with E-state index in [1.165, 1.54) is 46.5 Å². The lowest BCUT2D eigenvalue weighted by molar-refractivity contribution is -0.137. The first-order valence-electron chi connectivity index (χ1n) is 22.8. The predicted octanol–water partition coefficient (Wildman–Crippen LogP) is 7.86. The molecule has 69 heavy (non-hydrogen) atoms. The Hall–Kier alpha value is -6.54. The van der Waals surface area contributed by atoms with E-state index in [9.17, 15) is 23.6 Å². The van der Waals surface area contributed by atoms with Gasteiger partial charge in [0, 0.05) is 62.1 Å². The smallest absolute Gasteiger partial charge is 0.265 e. The normalized spacial score (nSPS) is 18.9. The quantitative estimate of drug-likeness (QED) is 0.0712. The molecule has 3 fully saturated rings. The number of imide groups is 1. The highest BCUT2D eigenvalue weighted by Gasteiger charge is 2.41. The Labute approximate surface area is 406 Å². The third-order valence-electron chi connectivity index (χ3n) is 13.7. The van der Waals surface area contributed by atoms with E-state index in [1.807, 2.05) is 17.0 Å². The average Bonchev–Trinajstić information content (AvgIpc) is 3.66. The van der Waals surface area contributed by atoms with Crippen molar-refractivity contribution in [2.75, 3.05) is 57.3 Å². The van der Waals surface area contributed by atoms with Crippen LogP contribution in [0.3, 0.4) is 0 Å². The fraction of sp³-hybridized carbons (Fsp3) is 0.353. The molecule has 2 atom stereocenters. The second-order valence-corrected chi connectivity index (χ2v) is 18.7. The minimum absolute atomic E-state index is 0.00692. The molecule has 5 aromatic rings. The Balaban J connectivity index is 0.802. The van der Waals surface area contributed by atoms with Crippen LogP contribution in [0.5, 0.6) is 5.75 Å². The predicted molar refractivity (Wildman–Crippen MR) is 254 cm³/mol. The number of hydrogen-bond acceptors (Lipinski definition) is 9. The number of aromatic nitrogens is 2. The third kappa shape index (κ3) is 9.73.